The fraction of sp³-hybridized carbons (Fsp3) is 0.333. The molecule has 23 heavy (non-hydrogen) atoms. The molecule has 2 amide bonds. The van der Waals surface area contributed by atoms with Gasteiger partial charge < -0.3 is 15.2 Å². The van der Waals surface area contributed by atoms with Crippen LogP contribution in [0.4, 0.5) is 0 Å². The van der Waals surface area contributed by atoms with Gasteiger partial charge in [0.25, 0.3) is 5.91 Å². The molecule has 118 valence electrons. The maximum atomic E-state index is 12.9. The van der Waals surface area contributed by atoms with E-state index in [9.17, 15) is 9.59 Å². The van der Waals surface area contributed by atoms with Crippen LogP contribution in [-0.2, 0) is 4.79 Å². The molecule has 2 saturated heterocycles. The summed E-state index contributed by atoms with van der Waals surface area (Å²) in [6.45, 7) is 1.29. The lowest BCUT2D eigenvalue weighted by Gasteiger charge is -2.24. The number of hydrogen-bond acceptors (Lipinski definition) is 2. The van der Waals surface area contributed by atoms with Gasteiger partial charge in [-0.1, -0.05) is 30.3 Å². The number of aromatic amines is 1. The molecule has 2 aliphatic heterocycles. The number of likely N-dealkylation sites (tertiary alicyclic amines) is 1. The highest BCUT2D eigenvalue weighted by Crippen LogP contribution is 2.32. The number of benzene rings is 1. The Bertz CT molecular complexity index is 753. The fourth-order valence-electron chi connectivity index (χ4n) is 3.69. The van der Waals surface area contributed by atoms with Gasteiger partial charge in [0.2, 0.25) is 5.91 Å². The number of H-pyrrole nitrogens is 1. The number of carbonyl (C=O) groups is 2. The summed E-state index contributed by atoms with van der Waals surface area (Å²) in [4.78, 5) is 29.4. The smallest absolute Gasteiger partial charge is 0.270 e. The Kier molecular flexibility index (Phi) is 3.22. The quantitative estimate of drug-likeness (QED) is 0.893. The number of nitrogens with one attached hydrogen (secondary N) is 2. The number of amides is 2. The minimum Gasteiger partial charge on any atom is -0.357 e. The molecule has 0 aliphatic carbocycles. The van der Waals surface area contributed by atoms with Gasteiger partial charge in [-0.3, -0.25) is 9.59 Å². The van der Waals surface area contributed by atoms with E-state index in [1.807, 2.05) is 41.3 Å². The van der Waals surface area contributed by atoms with Crippen LogP contribution in [-0.4, -0.2) is 40.3 Å². The summed E-state index contributed by atoms with van der Waals surface area (Å²) in [5.74, 6) is 0.107. The highest BCUT2D eigenvalue weighted by molar-refractivity contribution is 5.99. The van der Waals surface area contributed by atoms with Gasteiger partial charge in [-0.05, 0) is 24.5 Å². The Hall–Kier alpha value is -2.56. The van der Waals surface area contributed by atoms with Crippen LogP contribution in [0, 0.1) is 0 Å². The van der Waals surface area contributed by atoms with Crippen LogP contribution < -0.4 is 5.32 Å². The average Bonchev–Trinajstić information content (AvgIpc) is 3.29. The first-order valence-corrected chi connectivity index (χ1v) is 8.00. The van der Waals surface area contributed by atoms with Crippen LogP contribution in [0.1, 0.15) is 29.8 Å². The predicted molar refractivity (Wildman–Crippen MR) is 86.9 cm³/mol. The molecule has 1 spiro atoms. The van der Waals surface area contributed by atoms with E-state index in [1.54, 1.807) is 6.20 Å². The molecule has 0 saturated carbocycles. The predicted octanol–water partition coefficient (Wildman–Crippen LogP) is 2.18. The summed E-state index contributed by atoms with van der Waals surface area (Å²) in [5, 5.41) is 3.06. The lowest BCUT2D eigenvalue weighted by Crippen LogP contribution is -2.44. The molecule has 3 heterocycles. The van der Waals surface area contributed by atoms with Crippen LogP contribution in [0.3, 0.4) is 0 Å². The van der Waals surface area contributed by atoms with Crippen LogP contribution >= 0.6 is 0 Å². The second-order valence-electron chi connectivity index (χ2n) is 6.44. The Morgan fingerprint density at radius 3 is 2.70 bits per heavy atom. The Balaban J connectivity index is 1.57. The third kappa shape index (κ3) is 2.42. The van der Waals surface area contributed by atoms with Gasteiger partial charge in [-0.25, -0.2) is 0 Å². The highest BCUT2D eigenvalue weighted by Gasteiger charge is 2.45. The number of carbonyl (C=O) groups excluding carboxylic acids is 2. The standard InChI is InChI=1S/C18H19N3O2/c22-15-6-8-18(20-15)9-11-21(12-18)17(23)16-14(7-10-19-16)13-4-2-1-3-5-13/h1-5,7,10,19H,6,8-9,11-12H2,(H,20,22). The molecule has 4 rings (SSSR count). The van der Waals surface area contributed by atoms with Crippen LogP contribution in [0.15, 0.2) is 42.6 Å². The van der Waals surface area contributed by atoms with Crippen molar-refractivity contribution in [2.24, 2.45) is 0 Å². The summed E-state index contributed by atoms with van der Waals surface area (Å²) in [6, 6.07) is 11.8. The number of hydrogen-bond donors (Lipinski definition) is 2. The van der Waals surface area contributed by atoms with E-state index < -0.39 is 0 Å². The van der Waals surface area contributed by atoms with Crippen molar-refractivity contribution in [3.8, 4) is 11.1 Å². The molecule has 0 radical (unpaired) electrons. The van der Waals surface area contributed by atoms with E-state index in [2.05, 4.69) is 10.3 Å². The van der Waals surface area contributed by atoms with Gasteiger partial charge in [-0.2, -0.15) is 0 Å². The zero-order chi connectivity index (χ0) is 15.9. The highest BCUT2D eigenvalue weighted by atomic mass is 16.2. The van der Waals surface area contributed by atoms with Crippen molar-refractivity contribution in [2.45, 2.75) is 24.8 Å². The Morgan fingerprint density at radius 1 is 1.13 bits per heavy atom. The molecule has 1 atom stereocenters. The molecule has 2 aromatic rings. The zero-order valence-corrected chi connectivity index (χ0v) is 12.8. The van der Waals surface area contributed by atoms with Crippen LogP contribution in [0.5, 0.6) is 0 Å². The maximum absolute atomic E-state index is 12.9. The maximum Gasteiger partial charge on any atom is 0.270 e. The van der Waals surface area contributed by atoms with Gasteiger partial charge in [-0.15, -0.1) is 0 Å². The number of nitrogens with zero attached hydrogens (tertiary/aromatic N) is 1. The van der Waals surface area contributed by atoms with E-state index in [-0.39, 0.29) is 17.4 Å². The number of aromatic nitrogens is 1. The van der Waals surface area contributed by atoms with Gasteiger partial charge >= 0.3 is 0 Å². The average molecular weight is 309 g/mol. The molecule has 1 aromatic carbocycles. The molecule has 1 unspecified atom stereocenters. The summed E-state index contributed by atoms with van der Waals surface area (Å²) in [6.07, 6.45) is 4.04. The SMILES string of the molecule is O=C1CCC2(CCN(C(=O)c3[nH]ccc3-c3ccccc3)C2)N1. The lowest BCUT2D eigenvalue weighted by atomic mass is 9.97. The second kappa shape index (κ2) is 5.26. The van der Waals surface area contributed by atoms with E-state index in [0.717, 1.165) is 24.0 Å². The van der Waals surface area contributed by atoms with E-state index in [1.165, 1.54) is 0 Å². The largest absolute Gasteiger partial charge is 0.357 e. The van der Waals surface area contributed by atoms with Crippen molar-refractivity contribution in [3.63, 3.8) is 0 Å². The molecule has 2 aliphatic rings. The zero-order valence-electron chi connectivity index (χ0n) is 12.8. The molecular weight excluding hydrogens is 290 g/mol. The van der Waals surface area contributed by atoms with E-state index in [0.29, 0.717) is 25.2 Å². The summed E-state index contributed by atoms with van der Waals surface area (Å²) < 4.78 is 0. The van der Waals surface area contributed by atoms with Crippen molar-refractivity contribution in [3.05, 3.63) is 48.3 Å². The minimum absolute atomic E-state index is 0.00637. The summed E-state index contributed by atoms with van der Waals surface area (Å²) in [5.41, 5.74) is 2.37. The molecule has 5 nitrogen and oxygen atoms in total. The second-order valence-corrected chi connectivity index (χ2v) is 6.44. The van der Waals surface area contributed by atoms with Crippen molar-refractivity contribution < 1.29 is 9.59 Å². The minimum atomic E-state index is -0.202. The molecule has 5 heteroatoms. The van der Waals surface area contributed by atoms with Gasteiger partial charge in [0.05, 0.1) is 5.54 Å². The molecular formula is C18H19N3O2. The fourth-order valence-corrected chi connectivity index (χ4v) is 3.69. The Morgan fingerprint density at radius 2 is 1.96 bits per heavy atom. The van der Waals surface area contributed by atoms with E-state index >= 15 is 0 Å². The van der Waals surface area contributed by atoms with E-state index in [4.69, 9.17) is 0 Å². The first-order chi connectivity index (χ1) is 11.2. The topological polar surface area (TPSA) is 65.2 Å². The van der Waals surface area contributed by atoms with Crippen LogP contribution in [0.2, 0.25) is 0 Å². The first-order valence-electron chi connectivity index (χ1n) is 8.00. The van der Waals surface area contributed by atoms with Crippen molar-refractivity contribution in [2.75, 3.05) is 13.1 Å². The summed E-state index contributed by atoms with van der Waals surface area (Å²) >= 11 is 0. The Labute approximate surface area is 134 Å². The molecule has 2 fully saturated rings. The monoisotopic (exact) mass is 309 g/mol. The van der Waals surface area contributed by atoms with Gasteiger partial charge in [0.1, 0.15) is 5.69 Å². The normalized spacial score (nSPS) is 23.5. The third-order valence-corrected chi connectivity index (χ3v) is 4.92. The summed E-state index contributed by atoms with van der Waals surface area (Å²) in [7, 11) is 0. The van der Waals surface area contributed by atoms with Gasteiger partial charge in [0.15, 0.2) is 0 Å². The van der Waals surface area contributed by atoms with Gasteiger partial charge in [0, 0.05) is 31.3 Å². The van der Waals surface area contributed by atoms with Crippen molar-refractivity contribution >= 4 is 11.8 Å². The third-order valence-electron chi connectivity index (χ3n) is 4.92. The lowest BCUT2D eigenvalue weighted by molar-refractivity contribution is -0.119. The van der Waals surface area contributed by atoms with Crippen LogP contribution in [0.25, 0.3) is 11.1 Å². The van der Waals surface area contributed by atoms with Crippen molar-refractivity contribution in [1.29, 1.82) is 0 Å². The molecule has 1 aromatic heterocycles. The first kappa shape index (κ1) is 14.1. The molecule has 2 N–H and O–H groups in total. The van der Waals surface area contributed by atoms with Crippen molar-refractivity contribution in [1.82, 2.24) is 15.2 Å². The number of rotatable bonds is 2. The molecule has 0 bridgehead atoms.